The number of aliphatic hydroxyl groups excluding tert-OH is 7. The number of phenolic OH excluding ortho intramolecular Hbond substituents is 23. The monoisotopic (exact) mass is 1520 g/mol. The van der Waals surface area contributed by atoms with Crippen LogP contribution in [0.3, 0.4) is 0 Å². The molecule has 110 heavy (non-hydrogen) atoms. The lowest BCUT2D eigenvalue weighted by molar-refractivity contribution is -0.127. The van der Waals surface area contributed by atoms with Crippen LogP contribution >= 0.6 is 0 Å². The number of aliphatic hydroxyl groups is 7. The first kappa shape index (κ1) is 72.0. The molecule has 6 aliphatic rings. The van der Waals surface area contributed by atoms with Gasteiger partial charge in [0.1, 0.15) is 111 Å². The van der Waals surface area contributed by atoms with Crippen molar-refractivity contribution in [3.8, 4) is 155 Å². The van der Waals surface area contributed by atoms with Gasteiger partial charge >= 0.3 is 0 Å². The molecule has 35 heteroatoms. The van der Waals surface area contributed by atoms with E-state index in [1.807, 2.05) is 0 Å². The minimum absolute atomic E-state index is 0.229. The summed E-state index contributed by atoms with van der Waals surface area (Å²) in [4.78, 5) is 0. The zero-order valence-corrected chi connectivity index (χ0v) is 55.6. The Labute approximate surface area is 614 Å². The zero-order chi connectivity index (χ0) is 79.0. The highest BCUT2D eigenvalue weighted by Crippen LogP contribution is 2.67. The van der Waals surface area contributed by atoms with E-state index in [9.17, 15) is 153 Å². The second kappa shape index (κ2) is 25.6. The van der Waals surface area contributed by atoms with Crippen molar-refractivity contribution in [2.24, 2.45) is 5.92 Å². The molecular formula is C75H64O35. The lowest BCUT2D eigenvalue weighted by Crippen LogP contribution is -2.48. The van der Waals surface area contributed by atoms with Gasteiger partial charge in [0.2, 0.25) is 0 Å². The van der Waals surface area contributed by atoms with Gasteiger partial charge in [-0.05, 0) is 66.2 Å². The molecule has 16 atom stereocenters. The Morgan fingerprint density at radius 3 is 0.882 bits per heavy atom. The van der Waals surface area contributed by atoms with Gasteiger partial charge in [-0.3, -0.25) is 0 Å². The topological polar surface area (TPSA) is 653 Å². The molecule has 574 valence electrons. The van der Waals surface area contributed by atoms with Crippen LogP contribution in [-0.4, -0.2) is 190 Å². The smallest absolute Gasteiger partial charge is 0.200 e. The average Bonchev–Trinajstić information content (AvgIpc) is 0.705. The summed E-state index contributed by atoms with van der Waals surface area (Å²) in [6, 6.07) is 11.3. The van der Waals surface area contributed by atoms with Gasteiger partial charge in [-0.15, -0.1) is 0 Å². The highest BCUT2D eigenvalue weighted by Gasteiger charge is 2.58. The van der Waals surface area contributed by atoms with Crippen molar-refractivity contribution in [1.29, 1.82) is 0 Å². The summed E-state index contributed by atoms with van der Waals surface area (Å²) in [6.07, 6.45) is -23.2. The number of hydrogen-bond donors (Lipinski definition) is 30. The maximum atomic E-state index is 13.5. The van der Waals surface area contributed by atoms with Crippen molar-refractivity contribution in [2.45, 2.75) is 97.2 Å². The van der Waals surface area contributed by atoms with E-state index >= 15 is 0 Å². The van der Waals surface area contributed by atoms with E-state index < -0.39 is 326 Å². The summed E-state index contributed by atoms with van der Waals surface area (Å²) in [5, 5.41) is 350. The maximum Gasteiger partial charge on any atom is 0.200 e. The van der Waals surface area contributed by atoms with Crippen molar-refractivity contribution in [3.63, 3.8) is 0 Å². The summed E-state index contributed by atoms with van der Waals surface area (Å²) in [5.74, 6) is -40.0. The minimum atomic E-state index is -2.52. The second-order valence-corrected chi connectivity index (χ2v) is 27.5. The molecule has 1 fully saturated rings. The number of ether oxygens (including phenoxy) is 5. The van der Waals surface area contributed by atoms with Crippen LogP contribution in [-0.2, 0) is 4.74 Å². The molecule has 0 saturated carbocycles. The molecule has 0 aromatic heterocycles. The first-order valence-electron chi connectivity index (χ1n) is 33.1. The van der Waals surface area contributed by atoms with Crippen LogP contribution in [0.2, 0.25) is 0 Å². The normalized spacial score (nSPS) is 25.9. The summed E-state index contributed by atoms with van der Waals surface area (Å²) in [7, 11) is 0. The molecule has 0 radical (unpaired) electrons. The molecule has 1 saturated heterocycles. The van der Waals surface area contributed by atoms with Gasteiger partial charge in [-0.25, -0.2) is 0 Å². The fraction of sp³-hybridized carbons (Fsp3) is 0.227. The van der Waals surface area contributed by atoms with Gasteiger partial charge < -0.3 is 177 Å². The van der Waals surface area contributed by atoms with E-state index in [2.05, 4.69) is 0 Å². The highest BCUT2D eigenvalue weighted by molar-refractivity contribution is 5.74. The molecule has 9 aromatic rings. The molecule has 5 heterocycles. The summed E-state index contributed by atoms with van der Waals surface area (Å²) < 4.78 is 32.5. The van der Waals surface area contributed by atoms with Crippen molar-refractivity contribution >= 4 is 0 Å². The first-order chi connectivity index (χ1) is 52.0. The molecule has 2 unspecified atom stereocenters. The Kier molecular flexibility index (Phi) is 16.7. The van der Waals surface area contributed by atoms with E-state index in [-0.39, 0.29) is 16.7 Å². The second-order valence-electron chi connectivity index (χ2n) is 27.5. The number of aromatic hydroxyl groups is 23. The molecular weight excluding hydrogens is 1460 g/mol. The molecule has 9 aromatic carbocycles. The lowest BCUT2D eigenvalue weighted by Gasteiger charge is -2.48. The SMILES string of the molecule is OC1=CC(O)=C2C[C@@H](O)[C@@H](c3cc(O)c(O)c(O)c3)OC2C1[C@@H]1c2c(O)cc(O)c([C@H]3c4c(O)cc(O)c([C@@H]5c6c(O)cc(O)c([C@H]7c8c(O)cc(O)cc8O[C@H](c8cc(O)c(O)c(O)c8)[C@@H]7O)c6O[C@H](c6cc(O)c(O)c(O)c6)[C@@H]5O)c4O[C@H](c4cc(O)c(O)c(O)c4)[C@@H]3O)c2O[C@H](c2cc(O)c(O)c(O)c2)[C@@H]1O. The predicted molar refractivity (Wildman–Crippen MR) is 364 cm³/mol. The molecule has 0 spiro atoms. The van der Waals surface area contributed by atoms with Crippen LogP contribution in [0.5, 0.6) is 155 Å². The van der Waals surface area contributed by atoms with Crippen molar-refractivity contribution in [3.05, 3.63) is 181 Å². The van der Waals surface area contributed by atoms with Crippen LogP contribution in [0.25, 0.3) is 0 Å². The summed E-state index contributed by atoms with van der Waals surface area (Å²) in [6.45, 7) is 0. The minimum Gasteiger partial charge on any atom is -0.512 e. The van der Waals surface area contributed by atoms with Gasteiger partial charge in [-0.2, -0.15) is 0 Å². The van der Waals surface area contributed by atoms with E-state index in [0.717, 1.165) is 78.9 Å². The molecule has 30 N–H and O–H groups in total. The fourth-order valence-electron chi connectivity index (χ4n) is 16.2. The number of hydrogen-bond acceptors (Lipinski definition) is 35. The standard InChI is InChI=1S/C75H64O35/c76-23-11-26(78)46-45(12-23)106-68(19-3-36(88)59(98)37(89)4-19)63(102)54(46)48-28(80)15-30(82)50-56(65(104)70(108-73(48)50)21-7-40(92)61(100)41(93)8-21)52-32(84)17-33(85)53-57(66(105)71(110-75(52)53)22-9-42(94)62(101)43(95)10-22)51-31(83)16-29(81)49-55(64(103)69(109-74(49)51)20-5-38(90)60(99)39(91)6-20)47-27(79)14-25(77)24-13-44(96)67(107-72(24)47)18-1-34(86)58(97)35(87)2-18/h1-12,14-17,44,47,54-57,63-72,76-105H,13H2/t44-,47?,54-,55-,56+,57+,63-,64-,65-,66-,67-,68-,69-,70-,71-,72?/m1/s1. The fourth-order valence-corrected chi connectivity index (χ4v) is 16.2. The average molecular weight is 1530 g/mol. The third-order valence-electron chi connectivity index (χ3n) is 21.1. The molecule has 5 aliphatic heterocycles. The predicted octanol–water partition coefficient (Wildman–Crippen LogP) is 6.15. The molecule has 1 aliphatic carbocycles. The Morgan fingerprint density at radius 1 is 0.255 bits per heavy atom. The highest BCUT2D eigenvalue weighted by atomic mass is 16.5. The Hall–Kier alpha value is -13.6. The first-order valence-corrected chi connectivity index (χ1v) is 33.1. The third kappa shape index (κ3) is 10.9. The van der Waals surface area contributed by atoms with Crippen molar-refractivity contribution in [1.82, 2.24) is 0 Å². The Balaban J connectivity index is 1.00. The van der Waals surface area contributed by atoms with Crippen LogP contribution in [0, 0.1) is 5.92 Å². The number of phenols is 23. The van der Waals surface area contributed by atoms with Crippen molar-refractivity contribution < 1.29 is 177 Å². The van der Waals surface area contributed by atoms with Crippen LogP contribution < -0.4 is 18.9 Å². The number of benzene rings is 9. The molecule has 35 nitrogen and oxygen atoms in total. The van der Waals surface area contributed by atoms with E-state index in [1.54, 1.807) is 0 Å². The van der Waals surface area contributed by atoms with Crippen molar-refractivity contribution in [2.75, 3.05) is 0 Å². The Bertz CT molecular complexity index is 5340. The number of allylic oxidation sites excluding steroid dienone is 1. The maximum absolute atomic E-state index is 13.5. The van der Waals surface area contributed by atoms with Crippen LogP contribution in [0.1, 0.15) is 127 Å². The van der Waals surface area contributed by atoms with E-state index in [1.165, 1.54) is 0 Å². The van der Waals surface area contributed by atoms with Gasteiger partial charge in [0, 0.05) is 116 Å². The third-order valence-corrected chi connectivity index (χ3v) is 21.1. The molecule has 0 bridgehead atoms. The van der Waals surface area contributed by atoms with Gasteiger partial charge in [0.15, 0.2) is 111 Å². The van der Waals surface area contributed by atoms with Crippen LogP contribution in [0.15, 0.2) is 114 Å². The number of rotatable bonds is 9. The van der Waals surface area contributed by atoms with E-state index in [0.29, 0.717) is 18.2 Å². The molecule has 15 rings (SSSR count). The zero-order valence-electron chi connectivity index (χ0n) is 55.6. The quantitative estimate of drug-likeness (QED) is 0.0720. The van der Waals surface area contributed by atoms with Gasteiger partial charge in [0.05, 0.1) is 35.9 Å². The number of fused-ring (bicyclic) bond motifs is 5. The van der Waals surface area contributed by atoms with Gasteiger partial charge in [0.25, 0.3) is 0 Å². The summed E-state index contributed by atoms with van der Waals surface area (Å²) in [5.41, 5.74) is -7.78. The summed E-state index contributed by atoms with van der Waals surface area (Å²) >= 11 is 0. The van der Waals surface area contributed by atoms with Crippen LogP contribution in [0.4, 0.5) is 0 Å². The largest absolute Gasteiger partial charge is 0.512 e. The van der Waals surface area contributed by atoms with Gasteiger partial charge in [-0.1, -0.05) is 0 Å². The Morgan fingerprint density at radius 2 is 0.536 bits per heavy atom. The lowest BCUT2D eigenvalue weighted by atomic mass is 9.67. The van der Waals surface area contributed by atoms with E-state index in [4.69, 9.17) is 23.7 Å². The molecule has 0 amide bonds.